The number of carbonyl (C=O) groups is 2. The van der Waals surface area contributed by atoms with Gasteiger partial charge in [0.2, 0.25) is 0 Å². The van der Waals surface area contributed by atoms with Gasteiger partial charge in [-0.15, -0.1) is 0 Å². The summed E-state index contributed by atoms with van der Waals surface area (Å²) < 4.78 is 0. The van der Waals surface area contributed by atoms with Crippen LogP contribution in [-0.2, 0) is 0 Å². The molecule has 7 nitrogen and oxygen atoms in total. The Labute approximate surface area is 124 Å². The molecule has 0 aromatic carbocycles. The summed E-state index contributed by atoms with van der Waals surface area (Å²) in [6, 6.07) is 0. The van der Waals surface area contributed by atoms with Crippen LogP contribution in [0.5, 0.6) is 0 Å². The maximum atomic E-state index is 8.33. The minimum absolute atomic E-state index is 0. The normalized spacial score (nSPS) is 4.00. The third-order valence-electron chi connectivity index (χ3n) is 0. The zero-order valence-corrected chi connectivity index (χ0v) is 10.7. The molecule has 0 bridgehead atoms. The van der Waals surface area contributed by atoms with Crippen molar-refractivity contribution in [3.63, 3.8) is 0 Å². The number of hydrogen-bond donors (Lipinski definition) is 0. The molecule has 0 spiro atoms. The number of rotatable bonds is 0. The first kappa shape index (κ1) is 38.1. The first-order chi connectivity index (χ1) is 3.46. The van der Waals surface area contributed by atoms with E-state index in [0.29, 0.717) is 0 Å². The van der Waals surface area contributed by atoms with Gasteiger partial charge in [0.1, 0.15) is 0 Å². The van der Waals surface area contributed by atoms with Gasteiger partial charge in [-0.3, -0.25) is 0 Å². The first-order valence-electron chi connectivity index (χ1n) is 1.22. The fraction of sp³-hybridized carbons (Fsp3) is 0. The summed E-state index contributed by atoms with van der Waals surface area (Å²) in [4.78, 5) is 16.7. The van der Waals surface area contributed by atoms with Gasteiger partial charge in [0.15, 0.2) is 0 Å². The van der Waals surface area contributed by atoms with E-state index in [1.54, 1.807) is 0 Å². The molecule has 10 heteroatoms. The summed E-state index contributed by atoms with van der Waals surface area (Å²) in [7, 11) is 0. The molecule has 12 heavy (non-hydrogen) atoms. The van der Waals surface area contributed by atoms with Crippen LogP contribution >= 0.6 is 0 Å². The maximum absolute atomic E-state index is 8.33. The zero-order valence-electron chi connectivity index (χ0n) is 5.89. The van der Waals surface area contributed by atoms with Gasteiger partial charge in [-0.25, -0.2) is 0 Å². The van der Waals surface area contributed by atoms with Crippen molar-refractivity contribution < 1.29 is 35.5 Å². The van der Waals surface area contributed by atoms with Crippen LogP contribution in [0.15, 0.2) is 0 Å². The zero-order chi connectivity index (χ0) is 7.15. The van der Waals surface area contributed by atoms with E-state index in [1.165, 1.54) is 0 Å². The van der Waals surface area contributed by atoms with Gasteiger partial charge in [0.05, 0.1) is 0 Å². The summed E-state index contributed by atoms with van der Waals surface area (Å²) in [5, 5.41) is 33.3. The van der Waals surface area contributed by atoms with Crippen molar-refractivity contribution in [3.8, 4) is 0 Å². The van der Waals surface area contributed by atoms with E-state index in [4.69, 9.17) is 30.0 Å². The minimum Gasteiger partial charge on any atom is -0.870 e. The fourth-order valence-corrected chi connectivity index (χ4v) is 0. The number of hydrogen-bond acceptors (Lipinski definition) is 7. The summed E-state index contributed by atoms with van der Waals surface area (Å²) in [5.41, 5.74) is 0. The van der Waals surface area contributed by atoms with E-state index < -0.39 is 12.3 Å². The van der Waals surface area contributed by atoms with Gasteiger partial charge in [0, 0.05) is 0 Å². The molecule has 0 saturated heterocycles. The second-order valence-electron chi connectivity index (χ2n) is 0.500. The van der Waals surface area contributed by atoms with Gasteiger partial charge in [-0.1, -0.05) is 0 Å². The summed E-state index contributed by atoms with van der Waals surface area (Å²) in [5.74, 6) is 0. The van der Waals surface area contributed by atoms with Crippen LogP contribution < -0.4 is 20.4 Å². The molecule has 0 radical (unpaired) electrons. The van der Waals surface area contributed by atoms with E-state index in [9.17, 15) is 0 Å². The van der Waals surface area contributed by atoms with E-state index in [-0.39, 0.29) is 83.6 Å². The molecule has 0 amide bonds. The third-order valence-corrected chi connectivity index (χ3v) is 0. The van der Waals surface area contributed by atoms with Gasteiger partial charge in [0.25, 0.3) is 0 Å². The van der Waals surface area contributed by atoms with Crippen LogP contribution in [0, 0.1) is 0 Å². The Bertz CT molecular complexity index is 79.4. The van der Waals surface area contributed by atoms with Gasteiger partial charge >= 0.3 is 78.2 Å². The third kappa shape index (κ3) is 999. The monoisotopic (exact) mass is 228 g/mol. The molecule has 0 aliphatic heterocycles. The largest absolute Gasteiger partial charge is 3.00 e. The van der Waals surface area contributed by atoms with Crippen molar-refractivity contribution in [2.45, 2.75) is 0 Å². The quantitative estimate of drug-likeness (QED) is 0.373. The second-order valence-corrected chi connectivity index (χ2v) is 0.500. The fourth-order valence-electron chi connectivity index (χ4n) is 0. The van der Waals surface area contributed by atoms with Crippen molar-refractivity contribution in [2.75, 3.05) is 0 Å². The van der Waals surface area contributed by atoms with Gasteiger partial charge in [-0.2, -0.15) is 0 Å². The van der Waals surface area contributed by atoms with Crippen LogP contribution in [0.25, 0.3) is 0 Å². The Balaban J connectivity index is -0.0000000112. The van der Waals surface area contributed by atoms with Crippen molar-refractivity contribution in [3.05, 3.63) is 0 Å². The molecule has 0 rings (SSSR count). The smallest absolute Gasteiger partial charge is 0.870 e. The molecule has 0 heterocycles. The Kier molecular flexibility index (Phi) is 94.0. The molecule has 0 aliphatic rings. The molecule has 0 unspecified atom stereocenters. The second kappa shape index (κ2) is 29.6. The molecule has 0 saturated carbocycles. The Morgan fingerprint density at radius 1 is 0.833 bits per heavy atom. The number of carboxylic acid groups (broad SMARTS) is 4. The molecule has 0 aliphatic carbocycles. The van der Waals surface area contributed by atoms with E-state index in [1.807, 2.05) is 0 Å². The van der Waals surface area contributed by atoms with Crippen LogP contribution in [0.4, 0.5) is 9.59 Å². The predicted molar refractivity (Wildman–Crippen MR) is 30.0 cm³/mol. The molecule has 0 fully saturated rings. The molecule has 1 N–H and O–H groups in total. The maximum Gasteiger partial charge on any atom is 3.00 e. The van der Waals surface area contributed by atoms with Gasteiger partial charge in [-0.05, 0) is 12.3 Å². The van der Waals surface area contributed by atoms with Crippen molar-refractivity contribution in [1.29, 1.82) is 0 Å². The van der Waals surface area contributed by atoms with Crippen LogP contribution in [-0.4, -0.2) is 95.9 Å². The van der Waals surface area contributed by atoms with Crippen LogP contribution in [0.3, 0.4) is 0 Å². The Morgan fingerprint density at radius 3 is 0.833 bits per heavy atom. The van der Waals surface area contributed by atoms with Crippen molar-refractivity contribution >= 4 is 90.5 Å². The van der Waals surface area contributed by atoms with Crippen LogP contribution in [0.1, 0.15) is 0 Å². The summed E-state index contributed by atoms with van der Waals surface area (Å²) in [6.45, 7) is 0. The Hall–Kier alpha value is 1.06. The summed E-state index contributed by atoms with van der Waals surface area (Å²) >= 11 is 0. The molecular formula is C2HAlCaMgO7+2. The van der Waals surface area contributed by atoms with Crippen LogP contribution in [0.2, 0.25) is 0 Å². The topological polar surface area (TPSA) is 156 Å². The van der Waals surface area contributed by atoms with Crippen molar-refractivity contribution in [2.24, 2.45) is 0 Å². The van der Waals surface area contributed by atoms with E-state index in [0.717, 1.165) is 0 Å². The molecule has 0 aromatic rings. The predicted octanol–water partition coefficient (Wildman–Crippen LogP) is -6.21. The summed E-state index contributed by atoms with van der Waals surface area (Å²) in [6.07, 6.45) is -4.67. The van der Waals surface area contributed by atoms with Crippen molar-refractivity contribution in [1.82, 2.24) is 0 Å². The average molecular weight is 228 g/mol. The molecule has 56 valence electrons. The standard InChI is InChI=1S/2CH2O3.Al.Ca.Mg.H2O/c2*2-1(3)4;;;;/h2*(H2,2,3,4);;;;1H2/q;;+3;2*+2;/p-5. The molecule has 0 aromatic heterocycles. The minimum atomic E-state index is -2.33. The molecular weight excluding hydrogens is 227 g/mol. The van der Waals surface area contributed by atoms with E-state index >= 15 is 0 Å². The van der Waals surface area contributed by atoms with Gasteiger partial charge < -0.3 is 35.5 Å². The molecule has 0 atom stereocenters. The first-order valence-corrected chi connectivity index (χ1v) is 1.22. The SMILES string of the molecule is O=C([O-])[O-].O=C([O-])[O-].[Al+3].[Ca+2].[Mg+2].[OH-]. The Morgan fingerprint density at radius 2 is 0.833 bits per heavy atom. The average Bonchev–Trinajstić information content (AvgIpc) is 1.25. The van der Waals surface area contributed by atoms with E-state index in [2.05, 4.69) is 0 Å². The number of carbonyl (C=O) groups excluding carboxylic acids is 2.